The second-order valence-corrected chi connectivity index (χ2v) is 4.89. The van der Waals surface area contributed by atoms with Gasteiger partial charge in [-0.25, -0.2) is 9.97 Å². The normalized spacial score (nSPS) is 10.5. The smallest absolute Gasteiger partial charge is 0.141 e. The molecule has 0 bridgehead atoms. The minimum Gasteiger partial charge on any atom is -0.383 e. The van der Waals surface area contributed by atoms with Crippen molar-refractivity contribution in [1.82, 2.24) is 9.97 Å². The molecule has 0 aliphatic rings. The van der Waals surface area contributed by atoms with Crippen LogP contribution in [0.25, 0.3) is 0 Å². The standard InChI is InChI=1S/C12H11BrClN3/c1-7-11(13)12(15)17-10(16-7)6-8-4-2-3-5-9(8)14/h2-5H,6H2,1H3,(H2,15,16,17). The summed E-state index contributed by atoms with van der Waals surface area (Å²) in [6.07, 6.45) is 0.581. The summed E-state index contributed by atoms with van der Waals surface area (Å²) in [5, 5.41) is 0.718. The molecule has 0 radical (unpaired) electrons. The van der Waals surface area contributed by atoms with E-state index in [1.54, 1.807) is 0 Å². The van der Waals surface area contributed by atoms with Crippen molar-refractivity contribution in [2.24, 2.45) is 0 Å². The summed E-state index contributed by atoms with van der Waals surface area (Å²) in [4.78, 5) is 8.60. The molecule has 0 unspecified atom stereocenters. The Morgan fingerprint density at radius 1 is 1.29 bits per heavy atom. The topological polar surface area (TPSA) is 51.8 Å². The molecule has 88 valence electrons. The van der Waals surface area contributed by atoms with Crippen molar-refractivity contribution < 1.29 is 0 Å². The van der Waals surface area contributed by atoms with E-state index in [1.807, 2.05) is 31.2 Å². The van der Waals surface area contributed by atoms with Gasteiger partial charge in [0.05, 0.1) is 10.2 Å². The van der Waals surface area contributed by atoms with E-state index in [1.165, 1.54) is 0 Å². The van der Waals surface area contributed by atoms with Crippen molar-refractivity contribution in [3.63, 3.8) is 0 Å². The van der Waals surface area contributed by atoms with Crippen LogP contribution in [0.15, 0.2) is 28.7 Å². The maximum Gasteiger partial charge on any atom is 0.141 e. The molecule has 0 amide bonds. The van der Waals surface area contributed by atoms with Crippen LogP contribution in [0.5, 0.6) is 0 Å². The summed E-state index contributed by atoms with van der Waals surface area (Å²) in [6.45, 7) is 1.89. The fourth-order valence-corrected chi connectivity index (χ4v) is 1.91. The molecule has 2 N–H and O–H groups in total. The van der Waals surface area contributed by atoms with Gasteiger partial charge in [0.2, 0.25) is 0 Å². The number of aromatic nitrogens is 2. The average Bonchev–Trinajstić information content (AvgIpc) is 2.29. The second-order valence-electron chi connectivity index (χ2n) is 3.69. The third-order valence-electron chi connectivity index (χ3n) is 2.40. The molecule has 0 fully saturated rings. The van der Waals surface area contributed by atoms with Gasteiger partial charge >= 0.3 is 0 Å². The zero-order chi connectivity index (χ0) is 12.4. The fourth-order valence-electron chi connectivity index (χ4n) is 1.53. The lowest BCUT2D eigenvalue weighted by atomic mass is 10.1. The Morgan fingerprint density at radius 3 is 2.65 bits per heavy atom. The highest BCUT2D eigenvalue weighted by molar-refractivity contribution is 9.10. The number of rotatable bonds is 2. The van der Waals surface area contributed by atoms with Gasteiger partial charge in [0.25, 0.3) is 0 Å². The van der Waals surface area contributed by atoms with Gasteiger partial charge in [-0.3, -0.25) is 0 Å². The van der Waals surface area contributed by atoms with Gasteiger partial charge in [-0.1, -0.05) is 29.8 Å². The Bertz CT molecular complexity index is 534. The summed E-state index contributed by atoms with van der Waals surface area (Å²) in [5.41, 5.74) is 7.61. The Hall–Kier alpha value is -1.13. The SMILES string of the molecule is Cc1nc(Cc2ccccc2Cl)nc(N)c1Br. The van der Waals surface area contributed by atoms with Crippen molar-refractivity contribution in [3.8, 4) is 0 Å². The number of hydrogen-bond acceptors (Lipinski definition) is 3. The van der Waals surface area contributed by atoms with E-state index in [9.17, 15) is 0 Å². The molecule has 0 spiro atoms. The molecule has 5 heteroatoms. The van der Waals surface area contributed by atoms with Crippen molar-refractivity contribution in [2.75, 3.05) is 5.73 Å². The second kappa shape index (κ2) is 5.02. The lowest BCUT2D eigenvalue weighted by Crippen LogP contribution is -2.04. The highest BCUT2D eigenvalue weighted by Gasteiger charge is 2.08. The van der Waals surface area contributed by atoms with Crippen LogP contribution in [-0.2, 0) is 6.42 Å². The Morgan fingerprint density at radius 2 is 2.00 bits per heavy atom. The van der Waals surface area contributed by atoms with Crippen molar-refractivity contribution in [2.45, 2.75) is 13.3 Å². The molecule has 2 aromatic rings. The zero-order valence-electron chi connectivity index (χ0n) is 9.24. The predicted molar refractivity (Wildman–Crippen MR) is 73.1 cm³/mol. The Balaban J connectivity index is 2.34. The maximum atomic E-state index is 6.09. The first-order valence-corrected chi connectivity index (χ1v) is 6.27. The maximum absolute atomic E-state index is 6.09. The molecule has 1 aromatic carbocycles. The molecule has 3 nitrogen and oxygen atoms in total. The minimum absolute atomic E-state index is 0.458. The van der Waals surface area contributed by atoms with E-state index in [4.69, 9.17) is 17.3 Å². The molecule has 0 atom stereocenters. The van der Waals surface area contributed by atoms with Gasteiger partial charge in [-0.2, -0.15) is 0 Å². The number of halogens is 2. The number of anilines is 1. The lowest BCUT2D eigenvalue weighted by molar-refractivity contribution is 0.941. The molecule has 2 rings (SSSR count). The van der Waals surface area contributed by atoms with Crippen LogP contribution in [0.4, 0.5) is 5.82 Å². The summed E-state index contributed by atoms with van der Waals surface area (Å²) in [6, 6.07) is 7.65. The Kier molecular flexibility index (Phi) is 3.64. The average molecular weight is 313 g/mol. The molecule has 0 aliphatic heterocycles. The van der Waals surface area contributed by atoms with Crippen LogP contribution < -0.4 is 5.73 Å². The third kappa shape index (κ3) is 2.76. The predicted octanol–water partition coefficient (Wildman–Crippen LogP) is 3.37. The highest BCUT2D eigenvalue weighted by Crippen LogP contribution is 2.22. The van der Waals surface area contributed by atoms with Crippen LogP contribution >= 0.6 is 27.5 Å². The van der Waals surface area contributed by atoms with E-state index < -0.39 is 0 Å². The Labute approximate surface area is 113 Å². The molecular weight excluding hydrogens is 302 g/mol. The number of aryl methyl sites for hydroxylation is 1. The van der Waals surface area contributed by atoms with Crippen molar-refractivity contribution in [1.29, 1.82) is 0 Å². The number of nitrogen functional groups attached to an aromatic ring is 1. The molecule has 0 saturated heterocycles. The fraction of sp³-hybridized carbons (Fsp3) is 0.167. The number of nitrogens with zero attached hydrogens (tertiary/aromatic N) is 2. The largest absolute Gasteiger partial charge is 0.383 e. The number of hydrogen-bond donors (Lipinski definition) is 1. The van der Waals surface area contributed by atoms with E-state index in [2.05, 4.69) is 25.9 Å². The monoisotopic (exact) mass is 311 g/mol. The van der Waals surface area contributed by atoms with Gasteiger partial charge in [0, 0.05) is 11.4 Å². The van der Waals surface area contributed by atoms with Crippen LogP contribution in [0.2, 0.25) is 5.02 Å². The number of benzene rings is 1. The van der Waals surface area contributed by atoms with Crippen LogP contribution in [-0.4, -0.2) is 9.97 Å². The summed E-state index contributed by atoms with van der Waals surface area (Å²) in [5.74, 6) is 1.14. The van der Waals surface area contributed by atoms with E-state index in [0.29, 0.717) is 18.1 Å². The highest BCUT2D eigenvalue weighted by atomic mass is 79.9. The quantitative estimate of drug-likeness (QED) is 0.925. The molecule has 0 aliphatic carbocycles. The zero-order valence-corrected chi connectivity index (χ0v) is 11.6. The van der Waals surface area contributed by atoms with Gasteiger partial charge < -0.3 is 5.73 Å². The summed E-state index contributed by atoms with van der Waals surface area (Å²) < 4.78 is 0.750. The van der Waals surface area contributed by atoms with Crippen molar-refractivity contribution in [3.05, 3.63) is 50.8 Å². The summed E-state index contributed by atoms with van der Waals surface area (Å²) >= 11 is 9.43. The van der Waals surface area contributed by atoms with Crippen molar-refractivity contribution >= 4 is 33.3 Å². The molecule has 0 saturated carbocycles. The minimum atomic E-state index is 0.458. The van der Waals surface area contributed by atoms with E-state index in [0.717, 1.165) is 20.8 Å². The first-order chi connectivity index (χ1) is 8.08. The lowest BCUT2D eigenvalue weighted by Gasteiger charge is -2.07. The van der Waals surface area contributed by atoms with E-state index in [-0.39, 0.29) is 0 Å². The van der Waals surface area contributed by atoms with Gasteiger partial charge in [-0.15, -0.1) is 0 Å². The molecule has 17 heavy (non-hydrogen) atoms. The van der Waals surface area contributed by atoms with Gasteiger partial charge in [0.1, 0.15) is 11.6 Å². The number of nitrogens with two attached hydrogens (primary N) is 1. The molecular formula is C12H11BrClN3. The van der Waals surface area contributed by atoms with Crippen LogP contribution in [0.1, 0.15) is 17.1 Å². The molecule has 1 heterocycles. The van der Waals surface area contributed by atoms with E-state index >= 15 is 0 Å². The first-order valence-electron chi connectivity index (χ1n) is 5.10. The van der Waals surface area contributed by atoms with Gasteiger partial charge in [-0.05, 0) is 34.5 Å². The van der Waals surface area contributed by atoms with Crippen LogP contribution in [0, 0.1) is 6.92 Å². The third-order valence-corrected chi connectivity index (χ3v) is 3.74. The van der Waals surface area contributed by atoms with Crippen LogP contribution in [0.3, 0.4) is 0 Å². The van der Waals surface area contributed by atoms with Gasteiger partial charge in [0.15, 0.2) is 0 Å². The summed E-state index contributed by atoms with van der Waals surface area (Å²) in [7, 11) is 0. The molecule has 1 aromatic heterocycles. The first kappa shape index (κ1) is 12.3.